The van der Waals surface area contributed by atoms with E-state index in [2.05, 4.69) is 25.1 Å². The van der Waals surface area contributed by atoms with Crippen molar-refractivity contribution in [1.82, 2.24) is 0 Å². The van der Waals surface area contributed by atoms with Crippen LogP contribution in [0.1, 0.15) is 5.56 Å². The van der Waals surface area contributed by atoms with Gasteiger partial charge in [-0.15, -0.1) is 0 Å². The highest BCUT2D eigenvalue weighted by Crippen LogP contribution is 2.35. The number of para-hydroxylation sites is 1. The van der Waals surface area contributed by atoms with Crippen LogP contribution < -0.4 is 0 Å². The van der Waals surface area contributed by atoms with Crippen LogP contribution in [0.2, 0.25) is 0 Å². The summed E-state index contributed by atoms with van der Waals surface area (Å²) in [5.41, 5.74) is 4.73. The fourth-order valence-electron chi connectivity index (χ4n) is 2.78. The lowest BCUT2D eigenvalue weighted by Crippen LogP contribution is -1.78. The van der Waals surface area contributed by atoms with Crippen molar-refractivity contribution >= 4 is 21.9 Å². The molecule has 0 saturated heterocycles. The maximum Gasteiger partial charge on any atom is 0.136 e. The first-order valence-corrected chi connectivity index (χ1v) is 6.94. The zero-order valence-electron chi connectivity index (χ0n) is 11.6. The number of aromatic hydroxyl groups is 1. The van der Waals surface area contributed by atoms with Gasteiger partial charge < -0.3 is 9.52 Å². The Morgan fingerprint density at radius 3 is 2.52 bits per heavy atom. The Labute approximate surface area is 122 Å². The van der Waals surface area contributed by atoms with Crippen LogP contribution in [0.15, 0.2) is 65.1 Å². The number of aryl methyl sites for hydroxylation is 1. The van der Waals surface area contributed by atoms with Crippen LogP contribution in [0.25, 0.3) is 33.1 Å². The Hall–Kier alpha value is -2.74. The SMILES string of the molecule is Cc1ccc2oc3cc(-c4ccccc4O)ccc3c2c1. The minimum absolute atomic E-state index is 0.281. The first-order chi connectivity index (χ1) is 10.2. The molecule has 0 saturated carbocycles. The summed E-state index contributed by atoms with van der Waals surface area (Å²) in [5.74, 6) is 0.281. The molecule has 4 rings (SSSR count). The normalized spacial score (nSPS) is 11.3. The molecule has 0 fully saturated rings. The van der Waals surface area contributed by atoms with Gasteiger partial charge in [0.15, 0.2) is 0 Å². The third kappa shape index (κ3) is 1.88. The van der Waals surface area contributed by atoms with Crippen molar-refractivity contribution in [3.8, 4) is 16.9 Å². The van der Waals surface area contributed by atoms with E-state index in [1.165, 1.54) is 5.56 Å². The summed E-state index contributed by atoms with van der Waals surface area (Å²) >= 11 is 0. The minimum atomic E-state index is 0.281. The largest absolute Gasteiger partial charge is 0.507 e. The Kier molecular flexibility index (Phi) is 2.51. The Balaban J connectivity index is 1.99. The third-order valence-electron chi connectivity index (χ3n) is 3.84. The van der Waals surface area contributed by atoms with Gasteiger partial charge in [-0.2, -0.15) is 0 Å². The van der Waals surface area contributed by atoms with Crippen molar-refractivity contribution in [2.75, 3.05) is 0 Å². The van der Waals surface area contributed by atoms with Gasteiger partial charge in [-0.1, -0.05) is 35.9 Å². The van der Waals surface area contributed by atoms with E-state index in [4.69, 9.17) is 4.42 Å². The molecule has 1 N–H and O–H groups in total. The van der Waals surface area contributed by atoms with Gasteiger partial charge in [0, 0.05) is 16.3 Å². The number of fused-ring (bicyclic) bond motifs is 3. The van der Waals surface area contributed by atoms with Crippen LogP contribution in [0.5, 0.6) is 5.75 Å². The van der Waals surface area contributed by atoms with Gasteiger partial charge in [0.25, 0.3) is 0 Å². The third-order valence-corrected chi connectivity index (χ3v) is 3.84. The molecule has 0 aliphatic heterocycles. The summed E-state index contributed by atoms with van der Waals surface area (Å²) < 4.78 is 5.93. The van der Waals surface area contributed by atoms with Crippen LogP contribution in [0.4, 0.5) is 0 Å². The molecular formula is C19H14O2. The molecule has 0 unspecified atom stereocenters. The lowest BCUT2D eigenvalue weighted by Gasteiger charge is -2.04. The van der Waals surface area contributed by atoms with Crippen molar-refractivity contribution in [3.05, 3.63) is 66.2 Å². The highest BCUT2D eigenvalue weighted by molar-refractivity contribution is 6.06. The van der Waals surface area contributed by atoms with Gasteiger partial charge >= 0.3 is 0 Å². The van der Waals surface area contributed by atoms with Gasteiger partial charge in [-0.05, 0) is 42.8 Å². The van der Waals surface area contributed by atoms with E-state index in [1.807, 2.05) is 36.4 Å². The van der Waals surface area contributed by atoms with Crippen LogP contribution in [-0.4, -0.2) is 5.11 Å². The summed E-state index contributed by atoms with van der Waals surface area (Å²) in [6.07, 6.45) is 0. The molecule has 0 aliphatic carbocycles. The number of benzene rings is 3. The first-order valence-electron chi connectivity index (χ1n) is 6.94. The molecule has 3 aromatic carbocycles. The van der Waals surface area contributed by atoms with Gasteiger partial charge in [-0.25, -0.2) is 0 Å². The topological polar surface area (TPSA) is 33.4 Å². The molecular weight excluding hydrogens is 260 g/mol. The van der Waals surface area contributed by atoms with Crippen LogP contribution in [-0.2, 0) is 0 Å². The molecule has 102 valence electrons. The zero-order chi connectivity index (χ0) is 14.4. The minimum Gasteiger partial charge on any atom is -0.507 e. The van der Waals surface area contributed by atoms with Crippen molar-refractivity contribution in [3.63, 3.8) is 0 Å². The molecule has 1 heterocycles. The second kappa shape index (κ2) is 4.38. The predicted molar refractivity (Wildman–Crippen MR) is 85.6 cm³/mol. The molecule has 0 radical (unpaired) electrons. The Morgan fingerprint density at radius 1 is 0.810 bits per heavy atom. The van der Waals surface area contributed by atoms with E-state index in [1.54, 1.807) is 6.07 Å². The summed E-state index contributed by atoms with van der Waals surface area (Å²) in [6, 6.07) is 19.6. The lowest BCUT2D eigenvalue weighted by molar-refractivity contribution is 0.477. The fourth-order valence-corrected chi connectivity index (χ4v) is 2.78. The standard InChI is InChI=1S/C19H14O2/c1-12-6-9-18-16(10-12)15-8-7-13(11-19(15)21-18)14-4-2-3-5-17(14)20/h2-11,20H,1H3. The van der Waals surface area contributed by atoms with Crippen molar-refractivity contribution in [1.29, 1.82) is 0 Å². The fraction of sp³-hybridized carbons (Fsp3) is 0.0526. The summed E-state index contributed by atoms with van der Waals surface area (Å²) in [5, 5.41) is 12.2. The van der Waals surface area contributed by atoms with Crippen molar-refractivity contribution < 1.29 is 9.52 Å². The van der Waals surface area contributed by atoms with E-state index in [0.29, 0.717) is 0 Å². The zero-order valence-corrected chi connectivity index (χ0v) is 11.6. The second-order valence-electron chi connectivity index (χ2n) is 5.33. The molecule has 0 atom stereocenters. The molecule has 21 heavy (non-hydrogen) atoms. The summed E-state index contributed by atoms with van der Waals surface area (Å²) in [4.78, 5) is 0. The highest BCUT2D eigenvalue weighted by Gasteiger charge is 2.10. The number of hydrogen-bond donors (Lipinski definition) is 1. The van der Waals surface area contributed by atoms with E-state index >= 15 is 0 Å². The molecule has 1 aromatic heterocycles. The average Bonchev–Trinajstić information content (AvgIpc) is 2.84. The first kappa shape index (κ1) is 12.0. The summed E-state index contributed by atoms with van der Waals surface area (Å²) in [6.45, 7) is 2.08. The predicted octanol–water partition coefficient (Wildman–Crippen LogP) is 5.27. The van der Waals surface area contributed by atoms with Crippen molar-refractivity contribution in [2.24, 2.45) is 0 Å². The number of phenols is 1. The quantitative estimate of drug-likeness (QED) is 0.513. The van der Waals surface area contributed by atoms with Gasteiger partial charge in [-0.3, -0.25) is 0 Å². The van der Waals surface area contributed by atoms with Gasteiger partial charge in [0.1, 0.15) is 16.9 Å². The number of furan rings is 1. The van der Waals surface area contributed by atoms with E-state index in [0.717, 1.165) is 33.1 Å². The second-order valence-corrected chi connectivity index (χ2v) is 5.33. The summed E-state index contributed by atoms with van der Waals surface area (Å²) in [7, 11) is 0. The average molecular weight is 274 g/mol. The van der Waals surface area contributed by atoms with E-state index in [9.17, 15) is 5.11 Å². The van der Waals surface area contributed by atoms with Crippen LogP contribution in [0.3, 0.4) is 0 Å². The highest BCUT2D eigenvalue weighted by atomic mass is 16.3. The van der Waals surface area contributed by atoms with Gasteiger partial charge in [0.05, 0.1) is 0 Å². The van der Waals surface area contributed by atoms with E-state index < -0.39 is 0 Å². The molecule has 0 bridgehead atoms. The molecule has 4 aromatic rings. The van der Waals surface area contributed by atoms with Crippen LogP contribution >= 0.6 is 0 Å². The Morgan fingerprint density at radius 2 is 1.67 bits per heavy atom. The van der Waals surface area contributed by atoms with E-state index in [-0.39, 0.29) is 5.75 Å². The maximum absolute atomic E-state index is 9.98. The number of rotatable bonds is 1. The smallest absolute Gasteiger partial charge is 0.136 e. The number of hydrogen-bond acceptors (Lipinski definition) is 2. The lowest BCUT2D eigenvalue weighted by atomic mass is 10.0. The monoisotopic (exact) mass is 274 g/mol. The Bertz CT molecular complexity index is 964. The molecule has 2 nitrogen and oxygen atoms in total. The molecule has 2 heteroatoms. The molecule has 0 spiro atoms. The number of phenolic OH excluding ortho intramolecular Hbond substituents is 1. The molecule has 0 aliphatic rings. The van der Waals surface area contributed by atoms with Crippen molar-refractivity contribution in [2.45, 2.75) is 6.92 Å². The molecule has 0 amide bonds. The van der Waals surface area contributed by atoms with Gasteiger partial charge in [0.2, 0.25) is 0 Å². The maximum atomic E-state index is 9.98. The van der Waals surface area contributed by atoms with Crippen LogP contribution in [0, 0.1) is 6.92 Å².